The van der Waals surface area contributed by atoms with Gasteiger partial charge in [-0.2, -0.15) is 0 Å². The van der Waals surface area contributed by atoms with Gasteiger partial charge in [-0.05, 0) is 19.2 Å². The molecule has 0 radical (unpaired) electrons. The third-order valence-corrected chi connectivity index (χ3v) is 9.25. The first kappa shape index (κ1) is 34.9. The minimum absolute atomic E-state index is 0.0193. The summed E-state index contributed by atoms with van der Waals surface area (Å²) < 4.78 is 28.6. The summed E-state index contributed by atoms with van der Waals surface area (Å²) in [5.74, 6) is -0.895. The number of hydrogen-bond donors (Lipinski definition) is 5. The van der Waals surface area contributed by atoms with Gasteiger partial charge in [0.2, 0.25) is 10.9 Å². The molecule has 0 heterocycles. The third kappa shape index (κ3) is 5.37. The average Bonchev–Trinajstić information content (AvgIpc) is 3.23. The van der Waals surface area contributed by atoms with Crippen LogP contribution in [0.15, 0.2) is 27.3 Å². The number of phenols is 1. The van der Waals surface area contributed by atoms with Crippen molar-refractivity contribution in [3.8, 4) is 23.0 Å². The Morgan fingerprint density at radius 1 is 0.740 bits per heavy atom. The molecule has 6 rings (SSSR count). The van der Waals surface area contributed by atoms with Crippen molar-refractivity contribution in [2.45, 2.75) is 19.8 Å². The molecule has 0 amide bonds. The highest BCUT2D eigenvalue weighted by Crippen LogP contribution is 2.55. The van der Waals surface area contributed by atoms with E-state index in [1.54, 1.807) is 19.1 Å². The van der Waals surface area contributed by atoms with Crippen molar-refractivity contribution in [1.29, 1.82) is 0 Å². The third-order valence-electron chi connectivity index (χ3n) is 9.25. The number of aromatic hydroxyl groups is 1. The summed E-state index contributed by atoms with van der Waals surface area (Å²) in [4.78, 5) is 42.8. The molecule has 1 aliphatic rings. The van der Waals surface area contributed by atoms with Crippen LogP contribution in [0.25, 0.3) is 49.2 Å². The number of benzene rings is 5. The van der Waals surface area contributed by atoms with Crippen molar-refractivity contribution < 1.29 is 43.8 Å². The molecule has 13 nitrogen and oxygen atoms in total. The van der Waals surface area contributed by atoms with E-state index in [-0.39, 0.29) is 92.2 Å². The number of nitrogens with one attached hydrogen (secondary N) is 2. The fourth-order valence-electron chi connectivity index (χ4n) is 7.44. The molecule has 0 saturated heterocycles. The molecule has 0 fully saturated rings. The van der Waals surface area contributed by atoms with E-state index in [1.165, 1.54) is 34.3 Å². The number of phenolic OH excluding ortho intramolecular Hbond substituents is 1. The molecule has 0 bridgehead atoms. The molecule has 264 valence electrons. The van der Waals surface area contributed by atoms with Crippen LogP contribution in [0, 0.1) is 0 Å². The first-order valence-electron chi connectivity index (χ1n) is 16.3. The number of Topliss-reactive ketones (excluding diaryl/α,β-unsaturated/α-hetero) is 1. The van der Waals surface area contributed by atoms with Gasteiger partial charge in [0.1, 0.15) is 23.0 Å². The minimum atomic E-state index is -0.918. The molecule has 0 spiro atoms. The van der Waals surface area contributed by atoms with Crippen molar-refractivity contribution in [3.63, 3.8) is 0 Å². The Bertz CT molecular complexity index is 2270. The number of carbonyl (C=O) groups is 1. The maximum atomic E-state index is 14.7. The quantitative estimate of drug-likeness (QED) is 0.0577. The summed E-state index contributed by atoms with van der Waals surface area (Å²) in [7, 11) is 4.33. The van der Waals surface area contributed by atoms with Gasteiger partial charge < -0.3 is 49.6 Å². The van der Waals surface area contributed by atoms with Crippen molar-refractivity contribution in [1.82, 2.24) is 0 Å². The van der Waals surface area contributed by atoms with Gasteiger partial charge in [-0.15, -0.1) is 0 Å². The van der Waals surface area contributed by atoms with E-state index >= 15 is 0 Å². The second-order valence-corrected chi connectivity index (χ2v) is 12.1. The predicted octanol–water partition coefficient (Wildman–Crippen LogP) is 3.56. The minimum Gasteiger partial charge on any atom is -0.507 e. The smallest absolute Gasteiger partial charge is 0.230 e. The van der Waals surface area contributed by atoms with Gasteiger partial charge in [-0.3, -0.25) is 14.4 Å². The highest BCUT2D eigenvalue weighted by atomic mass is 16.5. The molecule has 5 aromatic carbocycles. The largest absolute Gasteiger partial charge is 0.507 e. The molecule has 0 aromatic heterocycles. The lowest BCUT2D eigenvalue weighted by Gasteiger charge is -2.25. The lowest BCUT2D eigenvalue weighted by Crippen LogP contribution is -2.20. The highest BCUT2D eigenvalue weighted by Gasteiger charge is 2.37. The van der Waals surface area contributed by atoms with Crippen LogP contribution >= 0.6 is 0 Å². The summed E-state index contributed by atoms with van der Waals surface area (Å²) in [5, 5.41) is 39.3. The SMILES string of the molecule is COc1c2c3c4c(c(NCCOCCO)c(=O)c5c(O)cc(OC)c(c6c(OC)cc(NCCOCCO)c(c1=O)c63)c54)C=C(C)C2C(C)=O. The number of anilines is 2. The molecule has 1 atom stereocenters. The molecule has 50 heavy (non-hydrogen) atoms. The Balaban J connectivity index is 1.89. The van der Waals surface area contributed by atoms with Crippen molar-refractivity contribution in [2.24, 2.45) is 0 Å². The highest BCUT2D eigenvalue weighted by molar-refractivity contribution is 6.40. The van der Waals surface area contributed by atoms with Gasteiger partial charge >= 0.3 is 0 Å². The number of ketones is 1. The fourth-order valence-corrected chi connectivity index (χ4v) is 7.44. The van der Waals surface area contributed by atoms with Crippen LogP contribution in [0.1, 0.15) is 30.9 Å². The van der Waals surface area contributed by atoms with Crippen molar-refractivity contribution in [3.05, 3.63) is 49.3 Å². The lowest BCUT2D eigenvalue weighted by molar-refractivity contribution is -0.117. The number of allylic oxidation sites excluding steroid dienone is 1. The number of methoxy groups -OCH3 is 3. The van der Waals surface area contributed by atoms with E-state index in [1.807, 2.05) is 0 Å². The molecule has 1 aliphatic carbocycles. The van der Waals surface area contributed by atoms with E-state index in [9.17, 15) is 19.5 Å². The molecule has 1 unspecified atom stereocenters. The zero-order valence-corrected chi connectivity index (χ0v) is 28.6. The molecule has 13 heteroatoms. The van der Waals surface area contributed by atoms with Crippen LogP contribution < -0.4 is 35.7 Å². The first-order valence-corrected chi connectivity index (χ1v) is 16.3. The van der Waals surface area contributed by atoms with Crippen LogP contribution in [0.2, 0.25) is 0 Å². The van der Waals surface area contributed by atoms with Crippen molar-refractivity contribution >= 4 is 66.3 Å². The van der Waals surface area contributed by atoms with Crippen LogP contribution in [0.5, 0.6) is 23.0 Å². The number of fused-ring (bicyclic) bond motifs is 1. The molecule has 5 N–H and O–H groups in total. The normalized spacial score (nSPS) is 14.1. The van der Waals surface area contributed by atoms with Crippen LogP contribution in [0.4, 0.5) is 11.4 Å². The van der Waals surface area contributed by atoms with Crippen LogP contribution in [-0.4, -0.2) is 95.2 Å². The maximum Gasteiger partial charge on any atom is 0.230 e. The van der Waals surface area contributed by atoms with Gasteiger partial charge in [-0.25, -0.2) is 0 Å². The van der Waals surface area contributed by atoms with Gasteiger partial charge in [0.15, 0.2) is 5.75 Å². The standard InChI is InChI=1S/C37H40N2O11/c1-17-14-19-25-30-27(35(44)34(19)39-7-11-50-13-9-41)21(43)16-23(47-4)29(30)28-22(46-3)15-20(38-6-10-49-12-8-40)26-32(28)31(25)33(24(17)18(2)42)37(48-5)36(26)45/h14-16,24,38-41,43H,6-13H2,1-5H3. The Morgan fingerprint density at radius 2 is 1.34 bits per heavy atom. The molecular formula is C37H40N2O11. The topological polar surface area (TPSA) is 182 Å². The number of carbonyl (C=O) groups excluding carboxylic acids is 1. The van der Waals surface area contributed by atoms with Crippen molar-refractivity contribution in [2.75, 3.05) is 84.7 Å². The molecular weight excluding hydrogens is 648 g/mol. The van der Waals surface area contributed by atoms with Gasteiger partial charge in [0.25, 0.3) is 0 Å². The zero-order valence-electron chi connectivity index (χ0n) is 28.6. The zero-order chi connectivity index (χ0) is 35.9. The number of aliphatic hydroxyl groups is 2. The molecule has 0 aliphatic heterocycles. The molecule has 5 aromatic rings. The van der Waals surface area contributed by atoms with E-state index in [4.69, 9.17) is 33.9 Å². The van der Waals surface area contributed by atoms with E-state index in [0.717, 1.165) is 0 Å². The summed E-state index contributed by atoms with van der Waals surface area (Å²) in [6, 6.07) is 3.06. The van der Waals surface area contributed by atoms with Gasteiger partial charge in [-0.1, -0.05) is 11.6 Å². The summed E-state index contributed by atoms with van der Waals surface area (Å²) in [6.45, 7) is 4.10. The summed E-state index contributed by atoms with van der Waals surface area (Å²) >= 11 is 0. The fraction of sp³-hybridized carbons (Fsp3) is 0.378. The number of ether oxygens (including phenoxy) is 5. The Morgan fingerprint density at radius 3 is 1.92 bits per heavy atom. The average molecular weight is 689 g/mol. The van der Waals surface area contributed by atoms with E-state index < -0.39 is 16.8 Å². The second kappa shape index (κ2) is 14.1. The predicted molar refractivity (Wildman–Crippen MR) is 193 cm³/mol. The second-order valence-electron chi connectivity index (χ2n) is 12.1. The van der Waals surface area contributed by atoms with Gasteiger partial charge in [0, 0.05) is 69.0 Å². The monoisotopic (exact) mass is 688 g/mol. The first-order chi connectivity index (χ1) is 24.2. The number of rotatable bonds is 16. The molecule has 0 saturated carbocycles. The van der Waals surface area contributed by atoms with E-state index in [0.29, 0.717) is 60.5 Å². The number of aliphatic hydroxyl groups excluding tert-OH is 2. The van der Waals surface area contributed by atoms with Crippen LogP contribution in [-0.2, 0) is 14.3 Å². The van der Waals surface area contributed by atoms with Crippen LogP contribution in [0.3, 0.4) is 0 Å². The maximum absolute atomic E-state index is 14.7. The Kier molecular flexibility index (Phi) is 9.85. The Labute approximate surface area is 286 Å². The number of hydrogen-bond acceptors (Lipinski definition) is 13. The summed E-state index contributed by atoms with van der Waals surface area (Å²) in [6.07, 6.45) is 1.78. The lowest BCUT2D eigenvalue weighted by atomic mass is 9.80. The van der Waals surface area contributed by atoms with E-state index in [2.05, 4.69) is 10.6 Å². The Hall–Kier alpha value is -4.95. The summed E-state index contributed by atoms with van der Waals surface area (Å²) in [5.41, 5.74) is 1.04. The van der Waals surface area contributed by atoms with Gasteiger partial charge in [0.05, 0.1) is 83.3 Å².